The van der Waals surface area contributed by atoms with Crippen molar-refractivity contribution in [1.82, 2.24) is 0 Å². The molecule has 0 fully saturated rings. The Kier molecular flexibility index (Phi) is 2.88. The van der Waals surface area contributed by atoms with Crippen LogP contribution in [0.25, 0.3) is 11.1 Å². The normalized spacial score (nSPS) is 10.4. The highest BCUT2D eigenvalue weighted by Crippen LogP contribution is 2.30. The highest BCUT2D eigenvalue weighted by Gasteiger charge is 2.05. The second-order valence-corrected chi connectivity index (χ2v) is 4.39. The van der Waals surface area contributed by atoms with Gasteiger partial charge in [-0.2, -0.15) is 0 Å². The molecule has 2 N–H and O–H groups in total. The van der Waals surface area contributed by atoms with Gasteiger partial charge in [0, 0.05) is 10.7 Å². The van der Waals surface area contributed by atoms with Crippen molar-refractivity contribution in [3.8, 4) is 11.1 Å². The summed E-state index contributed by atoms with van der Waals surface area (Å²) in [5.74, 6) is 0. The molecule has 0 unspecified atom stereocenters. The third-order valence-electron chi connectivity index (χ3n) is 2.86. The predicted molar refractivity (Wildman–Crippen MR) is 70.8 cm³/mol. The lowest BCUT2D eigenvalue weighted by Gasteiger charge is -2.09. The third kappa shape index (κ3) is 1.91. The van der Waals surface area contributed by atoms with Gasteiger partial charge in [0.25, 0.3) is 0 Å². The number of hydrogen-bond acceptors (Lipinski definition) is 1. The van der Waals surface area contributed by atoms with E-state index in [2.05, 4.69) is 12.1 Å². The molecule has 0 aliphatic heterocycles. The maximum absolute atomic E-state index is 6.10. The quantitative estimate of drug-likeness (QED) is 0.732. The van der Waals surface area contributed by atoms with Crippen molar-refractivity contribution in [2.45, 2.75) is 13.8 Å². The van der Waals surface area contributed by atoms with E-state index in [1.54, 1.807) is 0 Å². The van der Waals surface area contributed by atoms with Crippen LogP contribution in [-0.4, -0.2) is 0 Å². The molecule has 2 heteroatoms. The van der Waals surface area contributed by atoms with Crippen molar-refractivity contribution in [2.24, 2.45) is 0 Å². The van der Waals surface area contributed by atoms with Crippen LogP contribution in [0.15, 0.2) is 36.4 Å². The molecule has 0 heterocycles. The molecule has 0 saturated carbocycles. The topological polar surface area (TPSA) is 26.0 Å². The molecule has 16 heavy (non-hydrogen) atoms. The van der Waals surface area contributed by atoms with Gasteiger partial charge >= 0.3 is 0 Å². The molecule has 0 spiro atoms. The Morgan fingerprint density at radius 3 is 2.50 bits per heavy atom. The number of halogens is 1. The van der Waals surface area contributed by atoms with E-state index in [0.717, 1.165) is 33.0 Å². The molecule has 0 aromatic heterocycles. The van der Waals surface area contributed by atoms with Crippen molar-refractivity contribution in [3.05, 3.63) is 52.5 Å². The van der Waals surface area contributed by atoms with Crippen LogP contribution in [-0.2, 0) is 0 Å². The number of benzene rings is 2. The molecule has 0 bridgehead atoms. The summed E-state index contributed by atoms with van der Waals surface area (Å²) in [6.45, 7) is 4.03. The first kappa shape index (κ1) is 11.0. The standard InChI is InChI=1S/C14H14ClN/c1-9-6-7-11(8-14(9)16)12-4-3-5-13(15)10(12)2/h3-8H,16H2,1-2H3. The van der Waals surface area contributed by atoms with E-state index >= 15 is 0 Å². The van der Waals surface area contributed by atoms with Gasteiger partial charge in [-0.1, -0.05) is 35.9 Å². The van der Waals surface area contributed by atoms with Gasteiger partial charge in [0.15, 0.2) is 0 Å². The predicted octanol–water partition coefficient (Wildman–Crippen LogP) is 4.21. The molecule has 0 radical (unpaired) electrons. The summed E-state index contributed by atoms with van der Waals surface area (Å²) in [4.78, 5) is 0. The zero-order chi connectivity index (χ0) is 11.7. The zero-order valence-corrected chi connectivity index (χ0v) is 10.2. The average molecular weight is 232 g/mol. The summed E-state index contributed by atoms with van der Waals surface area (Å²) in [7, 11) is 0. The summed E-state index contributed by atoms with van der Waals surface area (Å²) < 4.78 is 0. The lowest BCUT2D eigenvalue weighted by Crippen LogP contribution is -1.91. The Balaban J connectivity index is 2.59. The van der Waals surface area contributed by atoms with Gasteiger partial charge in [0.05, 0.1) is 0 Å². The molecule has 2 aromatic carbocycles. The van der Waals surface area contributed by atoms with Crippen molar-refractivity contribution < 1.29 is 0 Å². The molecule has 2 rings (SSSR count). The molecule has 0 aliphatic carbocycles. The fourth-order valence-corrected chi connectivity index (χ4v) is 1.90. The number of nitrogens with two attached hydrogens (primary N) is 1. The average Bonchev–Trinajstić information content (AvgIpc) is 2.26. The highest BCUT2D eigenvalue weighted by atomic mass is 35.5. The third-order valence-corrected chi connectivity index (χ3v) is 3.27. The van der Waals surface area contributed by atoms with Gasteiger partial charge in [-0.05, 0) is 48.2 Å². The van der Waals surface area contributed by atoms with Crippen LogP contribution in [0.2, 0.25) is 5.02 Å². The number of anilines is 1. The van der Waals surface area contributed by atoms with E-state index in [9.17, 15) is 0 Å². The van der Waals surface area contributed by atoms with Crippen LogP contribution in [0.1, 0.15) is 11.1 Å². The van der Waals surface area contributed by atoms with Crippen molar-refractivity contribution >= 4 is 17.3 Å². The summed E-state index contributed by atoms with van der Waals surface area (Å²) >= 11 is 6.10. The smallest absolute Gasteiger partial charge is 0.0441 e. The highest BCUT2D eigenvalue weighted by molar-refractivity contribution is 6.31. The van der Waals surface area contributed by atoms with E-state index in [4.69, 9.17) is 17.3 Å². The Labute approximate surface area is 101 Å². The number of hydrogen-bond donors (Lipinski definition) is 1. The fourth-order valence-electron chi connectivity index (χ4n) is 1.73. The van der Waals surface area contributed by atoms with E-state index in [1.165, 1.54) is 0 Å². The molecule has 0 atom stereocenters. The molecular weight excluding hydrogens is 218 g/mol. The fraction of sp³-hybridized carbons (Fsp3) is 0.143. The molecule has 0 saturated heterocycles. The second-order valence-electron chi connectivity index (χ2n) is 3.98. The first-order valence-electron chi connectivity index (χ1n) is 5.21. The maximum Gasteiger partial charge on any atom is 0.0441 e. The summed E-state index contributed by atoms with van der Waals surface area (Å²) in [6.07, 6.45) is 0. The van der Waals surface area contributed by atoms with Crippen molar-refractivity contribution in [2.75, 3.05) is 5.73 Å². The Morgan fingerprint density at radius 2 is 1.81 bits per heavy atom. The van der Waals surface area contributed by atoms with Crippen LogP contribution in [0.3, 0.4) is 0 Å². The molecule has 0 amide bonds. The SMILES string of the molecule is Cc1ccc(-c2cccc(Cl)c2C)cc1N. The minimum atomic E-state index is 0.789. The van der Waals surface area contributed by atoms with E-state index < -0.39 is 0 Å². The van der Waals surface area contributed by atoms with Crippen molar-refractivity contribution in [3.63, 3.8) is 0 Å². The minimum Gasteiger partial charge on any atom is -0.398 e. The van der Waals surface area contributed by atoms with Gasteiger partial charge < -0.3 is 5.73 Å². The number of aryl methyl sites for hydroxylation is 1. The summed E-state index contributed by atoms with van der Waals surface area (Å²) in [5.41, 5.74) is 11.2. The number of rotatable bonds is 1. The van der Waals surface area contributed by atoms with Crippen LogP contribution in [0.5, 0.6) is 0 Å². The zero-order valence-electron chi connectivity index (χ0n) is 9.42. The van der Waals surface area contributed by atoms with Gasteiger partial charge in [-0.25, -0.2) is 0 Å². The molecule has 1 nitrogen and oxygen atoms in total. The molecule has 82 valence electrons. The first-order chi connectivity index (χ1) is 7.59. The van der Waals surface area contributed by atoms with Gasteiger partial charge in [0.2, 0.25) is 0 Å². The van der Waals surface area contributed by atoms with Crippen LogP contribution in [0.4, 0.5) is 5.69 Å². The van der Waals surface area contributed by atoms with E-state index in [1.807, 2.05) is 38.1 Å². The van der Waals surface area contributed by atoms with Crippen LogP contribution in [0, 0.1) is 13.8 Å². The lowest BCUT2D eigenvalue weighted by molar-refractivity contribution is 1.43. The largest absolute Gasteiger partial charge is 0.398 e. The van der Waals surface area contributed by atoms with Gasteiger partial charge in [-0.15, -0.1) is 0 Å². The molecular formula is C14H14ClN. The Bertz CT molecular complexity index is 532. The lowest BCUT2D eigenvalue weighted by atomic mass is 9.99. The Hall–Kier alpha value is -1.47. The van der Waals surface area contributed by atoms with Crippen LogP contribution < -0.4 is 5.73 Å². The number of nitrogen functional groups attached to an aromatic ring is 1. The second kappa shape index (κ2) is 4.18. The monoisotopic (exact) mass is 231 g/mol. The summed E-state index contributed by atoms with van der Waals surface area (Å²) in [5, 5.41) is 0.789. The van der Waals surface area contributed by atoms with Gasteiger partial charge in [-0.3, -0.25) is 0 Å². The molecule has 0 aliphatic rings. The van der Waals surface area contributed by atoms with E-state index in [-0.39, 0.29) is 0 Å². The molecule has 2 aromatic rings. The van der Waals surface area contributed by atoms with Gasteiger partial charge in [0.1, 0.15) is 0 Å². The van der Waals surface area contributed by atoms with Crippen LogP contribution >= 0.6 is 11.6 Å². The Morgan fingerprint density at radius 1 is 1.06 bits per heavy atom. The maximum atomic E-state index is 6.10. The first-order valence-corrected chi connectivity index (χ1v) is 5.59. The van der Waals surface area contributed by atoms with Crippen molar-refractivity contribution in [1.29, 1.82) is 0 Å². The minimum absolute atomic E-state index is 0.789. The van der Waals surface area contributed by atoms with E-state index in [0.29, 0.717) is 0 Å². The summed E-state index contributed by atoms with van der Waals surface area (Å²) in [6, 6.07) is 12.0.